The summed E-state index contributed by atoms with van der Waals surface area (Å²) in [6.07, 6.45) is 6.99. The van der Waals surface area contributed by atoms with Crippen LogP contribution in [0.25, 0.3) is 0 Å². The van der Waals surface area contributed by atoms with Gasteiger partial charge in [0.1, 0.15) is 5.60 Å². The molecule has 1 amide bonds. The molecular weight excluding hydrogens is 292 g/mol. The van der Waals surface area contributed by atoms with Crippen molar-refractivity contribution < 1.29 is 9.53 Å². The van der Waals surface area contributed by atoms with Crippen LogP contribution >= 0.6 is 0 Å². The van der Waals surface area contributed by atoms with Crippen LogP contribution in [0.2, 0.25) is 0 Å². The molecule has 6 heteroatoms. The van der Waals surface area contributed by atoms with Crippen LogP contribution in [-0.4, -0.2) is 46.2 Å². The number of hydrogen-bond donors (Lipinski definition) is 1. The summed E-state index contributed by atoms with van der Waals surface area (Å²) in [4.78, 5) is 22.3. The highest BCUT2D eigenvalue weighted by atomic mass is 16.6. The highest BCUT2D eigenvalue weighted by molar-refractivity contribution is 5.68. The Bertz CT molecular complexity index is 493. The lowest BCUT2D eigenvalue weighted by Gasteiger charge is -2.33. The van der Waals surface area contributed by atoms with Gasteiger partial charge in [0, 0.05) is 37.7 Å². The highest BCUT2D eigenvalue weighted by Crippen LogP contribution is 2.20. The number of piperidine rings is 1. The van der Waals surface area contributed by atoms with Crippen molar-refractivity contribution in [1.29, 1.82) is 0 Å². The Balaban J connectivity index is 1.72. The molecule has 0 aliphatic carbocycles. The zero-order valence-electron chi connectivity index (χ0n) is 14.6. The minimum atomic E-state index is -0.429. The van der Waals surface area contributed by atoms with E-state index in [4.69, 9.17) is 4.74 Å². The Morgan fingerprint density at radius 2 is 2.09 bits per heavy atom. The molecule has 1 fully saturated rings. The molecule has 1 aliphatic heterocycles. The Hall–Kier alpha value is -1.69. The standard InChI is InChI=1S/C17H28N4O2/c1-13(15-12-18-7-8-19-15)20-11-14-5-9-21(10-6-14)16(22)23-17(2,3)4/h7-8,12-14,20H,5-6,9-11H2,1-4H3/t13-/m1/s1. The smallest absolute Gasteiger partial charge is 0.410 e. The molecule has 0 bridgehead atoms. The van der Waals surface area contributed by atoms with Gasteiger partial charge in [-0.3, -0.25) is 9.97 Å². The Labute approximate surface area is 138 Å². The molecule has 1 atom stereocenters. The zero-order valence-corrected chi connectivity index (χ0v) is 14.6. The summed E-state index contributed by atoms with van der Waals surface area (Å²) in [7, 11) is 0. The number of rotatable bonds is 4. The maximum atomic E-state index is 12.0. The molecule has 1 N–H and O–H groups in total. The van der Waals surface area contributed by atoms with E-state index in [9.17, 15) is 4.79 Å². The Morgan fingerprint density at radius 1 is 1.39 bits per heavy atom. The van der Waals surface area contributed by atoms with Crippen molar-refractivity contribution in [2.75, 3.05) is 19.6 Å². The summed E-state index contributed by atoms with van der Waals surface area (Å²) in [5.41, 5.74) is 0.528. The molecule has 0 saturated carbocycles. The summed E-state index contributed by atoms with van der Waals surface area (Å²) in [5, 5.41) is 3.51. The van der Waals surface area contributed by atoms with Crippen LogP contribution in [0.4, 0.5) is 4.79 Å². The van der Waals surface area contributed by atoms with Crippen LogP contribution < -0.4 is 5.32 Å². The van der Waals surface area contributed by atoms with Crippen molar-refractivity contribution >= 4 is 6.09 Å². The molecule has 1 aromatic rings. The van der Waals surface area contributed by atoms with Gasteiger partial charge in [-0.05, 0) is 53.0 Å². The quantitative estimate of drug-likeness (QED) is 0.924. The lowest BCUT2D eigenvalue weighted by molar-refractivity contribution is 0.0183. The van der Waals surface area contributed by atoms with E-state index in [1.54, 1.807) is 18.6 Å². The molecular formula is C17H28N4O2. The van der Waals surface area contributed by atoms with Gasteiger partial charge in [-0.15, -0.1) is 0 Å². The molecule has 2 heterocycles. The van der Waals surface area contributed by atoms with Crippen molar-refractivity contribution in [2.45, 2.75) is 52.2 Å². The third-order valence-corrected chi connectivity index (χ3v) is 4.01. The van der Waals surface area contributed by atoms with Gasteiger partial charge in [-0.25, -0.2) is 4.79 Å². The third kappa shape index (κ3) is 5.78. The van der Waals surface area contributed by atoms with Crippen LogP contribution in [0.1, 0.15) is 52.3 Å². The van der Waals surface area contributed by atoms with Crippen molar-refractivity contribution in [3.05, 3.63) is 24.3 Å². The number of aromatic nitrogens is 2. The second kappa shape index (κ2) is 7.73. The van der Waals surface area contributed by atoms with Crippen molar-refractivity contribution in [3.63, 3.8) is 0 Å². The van der Waals surface area contributed by atoms with E-state index >= 15 is 0 Å². The van der Waals surface area contributed by atoms with Crippen LogP contribution in [0, 0.1) is 5.92 Å². The topological polar surface area (TPSA) is 67.4 Å². The van der Waals surface area contributed by atoms with Gasteiger partial charge in [0.15, 0.2) is 0 Å². The second-order valence-corrected chi connectivity index (χ2v) is 7.17. The lowest BCUT2D eigenvalue weighted by Crippen LogP contribution is -2.43. The number of amides is 1. The average molecular weight is 320 g/mol. The number of ether oxygens (including phenoxy) is 1. The van der Waals surface area contributed by atoms with Crippen molar-refractivity contribution in [1.82, 2.24) is 20.2 Å². The first kappa shape index (κ1) is 17.7. The highest BCUT2D eigenvalue weighted by Gasteiger charge is 2.26. The van der Waals surface area contributed by atoms with Gasteiger partial charge in [0.25, 0.3) is 0 Å². The van der Waals surface area contributed by atoms with Crippen LogP contribution in [0.15, 0.2) is 18.6 Å². The molecule has 0 radical (unpaired) electrons. The van der Waals surface area contributed by atoms with Gasteiger partial charge >= 0.3 is 6.09 Å². The van der Waals surface area contributed by atoms with Gasteiger partial charge in [-0.1, -0.05) is 0 Å². The van der Waals surface area contributed by atoms with Crippen LogP contribution in [0.5, 0.6) is 0 Å². The molecule has 2 rings (SSSR count). The first-order valence-corrected chi connectivity index (χ1v) is 8.32. The molecule has 0 aromatic carbocycles. The second-order valence-electron chi connectivity index (χ2n) is 7.17. The molecule has 6 nitrogen and oxygen atoms in total. The van der Waals surface area contributed by atoms with E-state index < -0.39 is 5.60 Å². The minimum absolute atomic E-state index is 0.188. The van der Waals surface area contributed by atoms with Gasteiger partial charge in [0.2, 0.25) is 0 Å². The third-order valence-electron chi connectivity index (χ3n) is 4.01. The molecule has 128 valence electrons. The first-order chi connectivity index (χ1) is 10.8. The normalized spacial score (nSPS) is 17.8. The van der Waals surface area contributed by atoms with Gasteiger partial charge < -0.3 is 15.0 Å². The fraction of sp³-hybridized carbons (Fsp3) is 0.706. The van der Waals surface area contributed by atoms with E-state index in [2.05, 4.69) is 22.2 Å². The lowest BCUT2D eigenvalue weighted by atomic mass is 9.96. The van der Waals surface area contributed by atoms with Crippen LogP contribution in [-0.2, 0) is 4.74 Å². The molecule has 1 aromatic heterocycles. The summed E-state index contributed by atoms with van der Waals surface area (Å²) >= 11 is 0. The molecule has 1 saturated heterocycles. The number of carbonyl (C=O) groups excluding carboxylic acids is 1. The number of hydrogen-bond acceptors (Lipinski definition) is 5. The summed E-state index contributed by atoms with van der Waals surface area (Å²) < 4.78 is 5.42. The van der Waals surface area contributed by atoms with E-state index in [-0.39, 0.29) is 12.1 Å². The van der Waals surface area contributed by atoms with Gasteiger partial charge in [0.05, 0.1) is 5.69 Å². The Kier molecular flexibility index (Phi) is 5.93. The van der Waals surface area contributed by atoms with E-state index in [0.717, 1.165) is 38.2 Å². The maximum absolute atomic E-state index is 12.0. The molecule has 0 spiro atoms. The summed E-state index contributed by atoms with van der Waals surface area (Å²) in [5.74, 6) is 0.577. The van der Waals surface area contributed by atoms with Crippen LogP contribution in [0.3, 0.4) is 0 Å². The predicted molar refractivity (Wildman–Crippen MR) is 89.0 cm³/mol. The zero-order chi connectivity index (χ0) is 16.9. The van der Waals surface area contributed by atoms with E-state index in [1.807, 2.05) is 25.7 Å². The van der Waals surface area contributed by atoms with E-state index in [0.29, 0.717) is 5.92 Å². The predicted octanol–water partition coefficient (Wildman–Crippen LogP) is 2.77. The SMILES string of the molecule is C[C@@H](NCC1CCN(C(=O)OC(C)(C)C)CC1)c1cnccn1. The van der Waals surface area contributed by atoms with Gasteiger partial charge in [-0.2, -0.15) is 0 Å². The molecule has 0 unspecified atom stereocenters. The van der Waals surface area contributed by atoms with E-state index in [1.165, 1.54) is 0 Å². The average Bonchev–Trinajstić information content (AvgIpc) is 2.52. The molecule has 1 aliphatic rings. The van der Waals surface area contributed by atoms with Crippen molar-refractivity contribution in [3.8, 4) is 0 Å². The fourth-order valence-corrected chi connectivity index (χ4v) is 2.63. The maximum Gasteiger partial charge on any atom is 0.410 e. The van der Waals surface area contributed by atoms with Crippen molar-refractivity contribution in [2.24, 2.45) is 5.92 Å². The monoisotopic (exact) mass is 320 g/mol. The minimum Gasteiger partial charge on any atom is -0.444 e. The number of likely N-dealkylation sites (tertiary alicyclic amines) is 1. The Morgan fingerprint density at radius 3 is 2.65 bits per heavy atom. The number of nitrogens with zero attached hydrogens (tertiary/aromatic N) is 3. The number of carbonyl (C=O) groups is 1. The summed E-state index contributed by atoms with van der Waals surface area (Å²) in [6.45, 7) is 10.3. The first-order valence-electron chi connectivity index (χ1n) is 8.32. The largest absolute Gasteiger partial charge is 0.444 e. The number of nitrogens with one attached hydrogen (secondary N) is 1. The summed E-state index contributed by atoms with van der Waals surface area (Å²) in [6, 6.07) is 0.188. The fourth-order valence-electron chi connectivity index (χ4n) is 2.63. The molecule has 23 heavy (non-hydrogen) atoms.